The molecule has 14 heavy (non-hydrogen) atoms. The Bertz CT molecular complexity index is 298. The largest absolute Gasteiger partial charge is 0.326 e. The minimum atomic E-state index is -2.85. The summed E-state index contributed by atoms with van der Waals surface area (Å²) in [5.74, 6) is 0.232. The van der Waals surface area contributed by atoms with Crippen LogP contribution in [0.5, 0.6) is 0 Å². The lowest BCUT2D eigenvalue weighted by Gasteiger charge is -2.21. The summed E-state index contributed by atoms with van der Waals surface area (Å²) in [7, 11) is -2.85. The second-order valence-corrected chi connectivity index (χ2v) is 7.22. The van der Waals surface area contributed by atoms with Gasteiger partial charge in [-0.05, 0) is 5.41 Å². The molecule has 0 bridgehead atoms. The van der Waals surface area contributed by atoms with Crippen molar-refractivity contribution in [1.82, 2.24) is 4.90 Å². The molecule has 1 atom stereocenters. The van der Waals surface area contributed by atoms with E-state index >= 15 is 0 Å². The molecular formula is C9H20N2O2S. The summed E-state index contributed by atoms with van der Waals surface area (Å²) >= 11 is 0. The Kier molecular flexibility index (Phi) is 3.23. The van der Waals surface area contributed by atoms with Gasteiger partial charge in [0.25, 0.3) is 0 Å². The third-order valence-electron chi connectivity index (χ3n) is 2.87. The highest BCUT2D eigenvalue weighted by Gasteiger charge is 2.36. The van der Waals surface area contributed by atoms with Crippen molar-refractivity contribution in [3.8, 4) is 0 Å². The fourth-order valence-corrected chi connectivity index (χ4v) is 2.34. The molecule has 0 saturated carbocycles. The van der Waals surface area contributed by atoms with Crippen LogP contribution < -0.4 is 5.73 Å². The molecule has 1 heterocycles. The van der Waals surface area contributed by atoms with Crippen molar-refractivity contribution >= 4 is 9.84 Å². The van der Waals surface area contributed by atoms with E-state index in [1.165, 1.54) is 6.26 Å². The topological polar surface area (TPSA) is 63.4 Å². The Balaban J connectivity index is 2.44. The SMILES string of the molecule is CC1(C)CN(CCS(C)(=O)=O)CC1N. The average Bonchev–Trinajstić information content (AvgIpc) is 2.21. The molecule has 0 spiro atoms. The molecule has 1 aliphatic rings. The first-order valence-corrected chi connectivity index (χ1v) is 6.92. The first-order chi connectivity index (χ1) is 6.21. The van der Waals surface area contributed by atoms with Crippen molar-refractivity contribution in [2.75, 3.05) is 31.6 Å². The lowest BCUT2D eigenvalue weighted by atomic mass is 9.89. The van der Waals surface area contributed by atoms with Crippen LogP contribution in [0.2, 0.25) is 0 Å². The van der Waals surface area contributed by atoms with E-state index in [0.29, 0.717) is 6.54 Å². The average molecular weight is 220 g/mol. The summed E-state index contributed by atoms with van der Waals surface area (Å²) in [6.07, 6.45) is 1.27. The van der Waals surface area contributed by atoms with E-state index in [2.05, 4.69) is 18.7 Å². The van der Waals surface area contributed by atoms with E-state index in [0.717, 1.165) is 13.1 Å². The molecule has 0 aromatic carbocycles. The van der Waals surface area contributed by atoms with Crippen LogP contribution >= 0.6 is 0 Å². The minimum absolute atomic E-state index is 0.109. The first-order valence-electron chi connectivity index (χ1n) is 4.86. The van der Waals surface area contributed by atoms with Crippen molar-refractivity contribution in [2.24, 2.45) is 11.1 Å². The quantitative estimate of drug-likeness (QED) is 0.709. The van der Waals surface area contributed by atoms with Crippen molar-refractivity contribution in [2.45, 2.75) is 19.9 Å². The lowest BCUT2D eigenvalue weighted by molar-refractivity contribution is 0.299. The van der Waals surface area contributed by atoms with Crippen LogP contribution in [0, 0.1) is 5.41 Å². The number of rotatable bonds is 3. The normalized spacial score (nSPS) is 28.1. The summed E-state index contributed by atoms with van der Waals surface area (Å²) in [5, 5.41) is 0. The number of likely N-dealkylation sites (tertiary alicyclic amines) is 1. The summed E-state index contributed by atoms with van der Waals surface area (Å²) in [6.45, 7) is 6.55. The van der Waals surface area contributed by atoms with E-state index in [1.54, 1.807) is 0 Å². The van der Waals surface area contributed by atoms with Gasteiger partial charge in [0.15, 0.2) is 0 Å². The Hall–Kier alpha value is -0.130. The van der Waals surface area contributed by atoms with Crippen LogP contribution in [0.1, 0.15) is 13.8 Å². The van der Waals surface area contributed by atoms with Gasteiger partial charge in [-0.2, -0.15) is 0 Å². The molecule has 1 saturated heterocycles. The highest BCUT2D eigenvalue weighted by molar-refractivity contribution is 7.90. The monoisotopic (exact) mass is 220 g/mol. The van der Waals surface area contributed by atoms with Crippen molar-refractivity contribution < 1.29 is 8.42 Å². The predicted octanol–water partition coefficient (Wildman–Crippen LogP) is -0.300. The van der Waals surface area contributed by atoms with Crippen molar-refractivity contribution in [3.05, 3.63) is 0 Å². The molecule has 5 heteroatoms. The third kappa shape index (κ3) is 3.22. The summed E-state index contributed by atoms with van der Waals surface area (Å²) in [6, 6.07) is 0.155. The van der Waals surface area contributed by atoms with E-state index < -0.39 is 9.84 Å². The Morgan fingerprint density at radius 2 is 2.07 bits per heavy atom. The highest BCUT2D eigenvalue weighted by Crippen LogP contribution is 2.27. The molecule has 0 amide bonds. The maximum Gasteiger partial charge on any atom is 0.148 e. The number of nitrogens with zero attached hydrogens (tertiary/aromatic N) is 1. The molecule has 0 radical (unpaired) electrons. The molecule has 1 fully saturated rings. The third-order valence-corrected chi connectivity index (χ3v) is 3.79. The van der Waals surface area contributed by atoms with E-state index in [-0.39, 0.29) is 17.2 Å². The molecule has 0 aromatic rings. The smallest absolute Gasteiger partial charge is 0.148 e. The van der Waals surface area contributed by atoms with Gasteiger partial charge < -0.3 is 10.6 Å². The van der Waals surface area contributed by atoms with Crippen LogP contribution in [0.4, 0.5) is 0 Å². The van der Waals surface area contributed by atoms with Gasteiger partial charge in [0, 0.05) is 31.9 Å². The van der Waals surface area contributed by atoms with E-state index in [4.69, 9.17) is 5.73 Å². The summed E-state index contributed by atoms with van der Waals surface area (Å²) < 4.78 is 21.9. The molecule has 2 N–H and O–H groups in total. The van der Waals surface area contributed by atoms with Crippen LogP contribution in [-0.4, -0.2) is 51.0 Å². The van der Waals surface area contributed by atoms with Crippen LogP contribution in [0.3, 0.4) is 0 Å². The zero-order valence-corrected chi connectivity index (χ0v) is 9.97. The van der Waals surface area contributed by atoms with Gasteiger partial charge in [-0.25, -0.2) is 8.42 Å². The van der Waals surface area contributed by atoms with Crippen LogP contribution in [0.15, 0.2) is 0 Å². The van der Waals surface area contributed by atoms with Gasteiger partial charge in [0.2, 0.25) is 0 Å². The number of hydrogen-bond acceptors (Lipinski definition) is 4. The zero-order chi connectivity index (χ0) is 11.0. The van der Waals surface area contributed by atoms with Crippen molar-refractivity contribution in [1.29, 1.82) is 0 Å². The lowest BCUT2D eigenvalue weighted by Crippen LogP contribution is -2.35. The molecule has 0 aliphatic carbocycles. The van der Waals surface area contributed by atoms with Gasteiger partial charge in [0.1, 0.15) is 9.84 Å². The molecule has 1 unspecified atom stereocenters. The highest BCUT2D eigenvalue weighted by atomic mass is 32.2. The summed E-state index contributed by atoms with van der Waals surface area (Å²) in [4.78, 5) is 2.13. The fourth-order valence-electron chi connectivity index (χ4n) is 1.75. The second-order valence-electron chi connectivity index (χ2n) is 4.96. The van der Waals surface area contributed by atoms with Gasteiger partial charge in [-0.15, -0.1) is 0 Å². The Labute approximate surface area is 86.4 Å². The van der Waals surface area contributed by atoms with Gasteiger partial charge in [-0.3, -0.25) is 0 Å². The van der Waals surface area contributed by atoms with Gasteiger partial charge in [-0.1, -0.05) is 13.8 Å². The number of nitrogens with two attached hydrogens (primary N) is 1. The van der Waals surface area contributed by atoms with Crippen molar-refractivity contribution in [3.63, 3.8) is 0 Å². The van der Waals surface area contributed by atoms with Gasteiger partial charge >= 0.3 is 0 Å². The van der Waals surface area contributed by atoms with Gasteiger partial charge in [0.05, 0.1) is 5.75 Å². The Morgan fingerprint density at radius 3 is 2.43 bits per heavy atom. The molecule has 4 nitrogen and oxygen atoms in total. The second kappa shape index (κ2) is 3.79. The van der Waals surface area contributed by atoms with E-state index in [9.17, 15) is 8.42 Å². The predicted molar refractivity (Wildman–Crippen MR) is 57.9 cm³/mol. The molecule has 1 aliphatic heterocycles. The number of sulfone groups is 1. The van der Waals surface area contributed by atoms with E-state index in [1.807, 2.05) is 0 Å². The maximum absolute atomic E-state index is 11.0. The zero-order valence-electron chi connectivity index (χ0n) is 9.16. The summed E-state index contributed by atoms with van der Waals surface area (Å²) in [5.41, 5.74) is 6.06. The minimum Gasteiger partial charge on any atom is -0.326 e. The maximum atomic E-state index is 11.0. The van der Waals surface area contributed by atoms with Crippen LogP contribution in [0.25, 0.3) is 0 Å². The molecular weight excluding hydrogens is 200 g/mol. The number of hydrogen-bond donors (Lipinski definition) is 1. The Morgan fingerprint density at radius 1 is 1.50 bits per heavy atom. The molecule has 0 aromatic heterocycles. The van der Waals surface area contributed by atoms with Crippen LogP contribution in [-0.2, 0) is 9.84 Å². The molecule has 84 valence electrons. The first kappa shape index (κ1) is 11.9. The fraction of sp³-hybridized carbons (Fsp3) is 1.00. The standard InChI is InChI=1S/C9H20N2O2S/c1-9(2)7-11(6-8(9)10)4-5-14(3,12)13/h8H,4-7,10H2,1-3H3. The molecule has 1 rings (SSSR count).